The monoisotopic (exact) mass is 173 g/mol. The molecule has 0 aliphatic heterocycles. The van der Waals surface area contributed by atoms with Crippen LogP contribution in [-0.2, 0) is 0 Å². The lowest BCUT2D eigenvalue weighted by molar-refractivity contribution is 1.62. The molecular formula is C11H9S. The summed E-state index contributed by atoms with van der Waals surface area (Å²) >= 11 is 1.79. The number of thiophene rings is 1. The zero-order valence-corrected chi connectivity index (χ0v) is 7.69. The van der Waals surface area contributed by atoms with Gasteiger partial charge in [-0.1, -0.05) is 30.3 Å². The predicted octanol–water partition coefficient (Wildman–Crippen LogP) is 3.52. The SMILES string of the molecule is Cc1[c]cc(-c2ccccc2)s1. The van der Waals surface area contributed by atoms with Gasteiger partial charge in [0.1, 0.15) is 0 Å². The Bertz CT molecular complexity index is 360. The molecule has 0 nitrogen and oxygen atoms in total. The van der Waals surface area contributed by atoms with E-state index in [-0.39, 0.29) is 0 Å². The second kappa shape index (κ2) is 3.11. The third-order valence-corrected chi connectivity index (χ3v) is 2.73. The van der Waals surface area contributed by atoms with E-state index in [0.717, 1.165) is 0 Å². The summed E-state index contributed by atoms with van der Waals surface area (Å²) in [7, 11) is 0. The van der Waals surface area contributed by atoms with Crippen molar-refractivity contribution in [3.63, 3.8) is 0 Å². The average molecular weight is 173 g/mol. The third-order valence-electron chi connectivity index (χ3n) is 1.73. The van der Waals surface area contributed by atoms with Gasteiger partial charge in [-0.2, -0.15) is 0 Å². The molecule has 0 fully saturated rings. The molecule has 1 aromatic carbocycles. The normalized spacial score (nSPS) is 10.1. The van der Waals surface area contributed by atoms with Crippen LogP contribution >= 0.6 is 11.3 Å². The Balaban J connectivity index is 2.45. The maximum absolute atomic E-state index is 3.19. The third kappa shape index (κ3) is 1.41. The van der Waals surface area contributed by atoms with Gasteiger partial charge in [0.05, 0.1) is 0 Å². The summed E-state index contributed by atoms with van der Waals surface area (Å²) in [6, 6.07) is 15.6. The van der Waals surface area contributed by atoms with Crippen LogP contribution in [-0.4, -0.2) is 0 Å². The van der Waals surface area contributed by atoms with Crippen molar-refractivity contribution < 1.29 is 0 Å². The lowest BCUT2D eigenvalue weighted by atomic mass is 10.2. The lowest BCUT2D eigenvalue weighted by Gasteiger charge is -1.93. The minimum Gasteiger partial charge on any atom is -0.140 e. The van der Waals surface area contributed by atoms with E-state index in [1.807, 2.05) is 6.07 Å². The summed E-state index contributed by atoms with van der Waals surface area (Å²) in [4.78, 5) is 2.54. The van der Waals surface area contributed by atoms with Crippen LogP contribution in [0.1, 0.15) is 4.88 Å². The van der Waals surface area contributed by atoms with Crippen LogP contribution in [0.5, 0.6) is 0 Å². The first-order valence-electron chi connectivity index (χ1n) is 3.90. The van der Waals surface area contributed by atoms with Crippen molar-refractivity contribution in [2.45, 2.75) is 6.92 Å². The molecule has 0 spiro atoms. The highest BCUT2D eigenvalue weighted by molar-refractivity contribution is 7.15. The van der Waals surface area contributed by atoms with Crippen LogP contribution in [0.25, 0.3) is 10.4 Å². The Kier molecular flexibility index (Phi) is 1.96. The number of rotatable bonds is 1. The number of hydrogen-bond donors (Lipinski definition) is 0. The van der Waals surface area contributed by atoms with Crippen molar-refractivity contribution in [1.82, 2.24) is 0 Å². The van der Waals surface area contributed by atoms with Crippen molar-refractivity contribution in [3.05, 3.63) is 47.3 Å². The van der Waals surface area contributed by atoms with E-state index < -0.39 is 0 Å². The summed E-state index contributed by atoms with van der Waals surface area (Å²) in [5, 5.41) is 0. The summed E-state index contributed by atoms with van der Waals surface area (Å²) in [5.41, 5.74) is 1.28. The number of hydrogen-bond acceptors (Lipinski definition) is 1. The molecule has 0 aliphatic carbocycles. The summed E-state index contributed by atoms with van der Waals surface area (Å²) < 4.78 is 0. The molecular weight excluding hydrogens is 164 g/mol. The van der Waals surface area contributed by atoms with E-state index in [0.29, 0.717) is 0 Å². The van der Waals surface area contributed by atoms with E-state index in [1.165, 1.54) is 15.3 Å². The van der Waals surface area contributed by atoms with E-state index in [9.17, 15) is 0 Å². The van der Waals surface area contributed by atoms with Crippen molar-refractivity contribution in [1.29, 1.82) is 0 Å². The van der Waals surface area contributed by atoms with Crippen LogP contribution in [0.15, 0.2) is 36.4 Å². The van der Waals surface area contributed by atoms with Gasteiger partial charge >= 0.3 is 0 Å². The Hall–Kier alpha value is -1.08. The van der Waals surface area contributed by atoms with Crippen molar-refractivity contribution >= 4 is 11.3 Å². The first-order valence-corrected chi connectivity index (χ1v) is 4.71. The molecule has 0 atom stereocenters. The van der Waals surface area contributed by atoms with Gasteiger partial charge in [-0.05, 0) is 24.6 Å². The van der Waals surface area contributed by atoms with E-state index in [4.69, 9.17) is 0 Å². The Morgan fingerprint density at radius 2 is 1.92 bits per heavy atom. The molecule has 0 N–H and O–H groups in total. The Labute approximate surface area is 76.5 Å². The fourth-order valence-electron chi connectivity index (χ4n) is 1.14. The predicted molar refractivity (Wildman–Crippen MR) is 53.3 cm³/mol. The van der Waals surface area contributed by atoms with Gasteiger partial charge in [0.2, 0.25) is 0 Å². The maximum atomic E-state index is 3.19. The first-order chi connectivity index (χ1) is 5.86. The van der Waals surface area contributed by atoms with Gasteiger partial charge in [0, 0.05) is 9.75 Å². The van der Waals surface area contributed by atoms with E-state index in [2.05, 4.69) is 43.3 Å². The fraction of sp³-hybridized carbons (Fsp3) is 0.0909. The molecule has 2 aromatic rings. The molecule has 0 aliphatic rings. The molecule has 0 amide bonds. The number of benzene rings is 1. The van der Waals surface area contributed by atoms with Crippen LogP contribution in [0.3, 0.4) is 0 Å². The minimum atomic E-state index is 1.24. The van der Waals surface area contributed by atoms with E-state index in [1.54, 1.807) is 11.3 Å². The van der Waals surface area contributed by atoms with Gasteiger partial charge in [0.15, 0.2) is 0 Å². The van der Waals surface area contributed by atoms with Crippen LogP contribution in [0, 0.1) is 13.0 Å². The molecule has 1 heterocycles. The van der Waals surface area contributed by atoms with Crippen molar-refractivity contribution in [3.8, 4) is 10.4 Å². The second-order valence-corrected chi connectivity index (χ2v) is 3.93. The molecule has 1 heteroatoms. The summed E-state index contributed by atoms with van der Waals surface area (Å²) in [5.74, 6) is 0. The van der Waals surface area contributed by atoms with Crippen molar-refractivity contribution in [2.24, 2.45) is 0 Å². The highest BCUT2D eigenvalue weighted by Crippen LogP contribution is 2.26. The number of aryl methyl sites for hydroxylation is 1. The molecule has 0 bridgehead atoms. The molecule has 2 rings (SSSR count). The second-order valence-electron chi connectivity index (χ2n) is 2.68. The average Bonchev–Trinajstić information content (AvgIpc) is 2.54. The minimum absolute atomic E-state index is 1.24. The molecule has 1 radical (unpaired) electrons. The van der Waals surface area contributed by atoms with Crippen LogP contribution < -0.4 is 0 Å². The molecule has 12 heavy (non-hydrogen) atoms. The van der Waals surface area contributed by atoms with Gasteiger partial charge in [-0.15, -0.1) is 11.3 Å². The highest BCUT2D eigenvalue weighted by atomic mass is 32.1. The fourth-order valence-corrected chi connectivity index (χ4v) is 1.96. The molecule has 0 unspecified atom stereocenters. The highest BCUT2D eigenvalue weighted by Gasteiger charge is 1.98. The largest absolute Gasteiger partial charge is 0.140 e. The lowest BCUT2D eigenvalue weighted by Crippen LogP contribution is -1.67. The molecule has 0 saturated carbocycles. The molecule has 0 saturated heterocycles. The standard InChI is InChI=1S/C11H9S/c1-9-7-8-11(12-9)10-5-3-2-4-6-10/h2-6,8H,1H3. The van der Waals surface area contributed by atoms with Gasteiger partial charge in [0.25, 0.3) is 0 Å². The molecule has 59 valence electrons. The summed E-state index contributed by atoms with van der Waals surface area (Å²) in [6.45, 7) is 2.08. The first kappa shape index (κ1) is 7.56. The van der Waals surface area contributed by atoms with E-state index >= 15 is 0 Å². The van der Waals surface area contributed by atoms with Crippen LogP contribution in [0.4, 0.5) is 0 Å². The van der Waals surface area contributed by atoms with Gasteiger partial charge < -0.3 is 0 Å². The topological polar surface area (TPSA) is 0 Å². The van der Waals surface area contributed by atoms with Gasteiger partial charge in [-0.25, -0.2) is 0 Å². The molecule has 1 aromatic heterocycles. The Morgan fingerprint density at radius 3 is 2.50 bits per heavy atom. The quantitative estimate of drug-likeness (QED) is 0.619. The zero-order valence-electron chi connectivity index (χ0n) is 6.87. The van der Waals surface area contributed by atoms with Crippen LogP contribution in [0.2, 0.25) is 0 Å². The smallest absolute Gasteiger partial charge is 0.0351 e. The zero-order chi connectivity index (χ0) is 8.39. The van der Waals surface area contributed by atoms with Gasteiger partial charge in [-0.3, -0.25) is 0 Å². The Morgan fingerprint density at radius 1 is 1.17 bits per heavy atom. The summed E-state index contributed by atoms with van der Waals surface area (Å²) in [6.07, 6.45) is 0. The van der Waals surface area contributed by atoms with Crippen molar-refractivity contribution in [2.75, 3.05) is 0 Å². The maximum Gasteiger partial charge on any atom is 0.0351 e.